The van der Waals surface area contributed by atoms with Gasteiger partial charge in [0, 0.05) is 40.0 Å². The third kappa shape index (κ3) is 3.69. The van der Waals surface area contributed by atoms with Crippen LogP contribution in [0.3, 0.4) is 0 Å². The van der Waals surface area contributed by atoms with E-state index < -0.39 is 23.1 Å². The minimum Gasteiger partial charge on any atom is -0.364 e. The molecule has 4 heterocycles. The number of H-pyrrole nitrogens is 1. The lowest BCUT2D eigenvalue weighted by Gasteiger charge is -2.35. The van der Waals surface area contributed by atoms with Crippen LogP contribution in [0.1, 0.15) is 30.2 Å². The molecule has 1 aromatic carbocycles. The Morgan fingerprint density at radius 1 is 1.11 bits per heavy atom. The Bertz CT molecular complexity index is 1580. The summed E-state index contributed by atoms with van der Waals surface area (Å²) in [6.07, 6.45) is 0.732. The Kier molecular flexibility index (Phi) is 4.64. The first-order valence-corrected chi connectivity index (χ1v) is 11.1. The van der Waals surface area contributed by atoms with E-state index in [9.17, 15) is 17.6 Å². The molecule has 0 bridgehead atoms. The van der Waals surface area contributed by atoms with Crippen molar-refractivity contribution in [2.45, 2.75) is 37.9 Å². The largest absolute Gasteiger partial charge is 0.421 e. The quantitative estimate of drug-likeness (QED) is 0.321. The van der Waals surface area contributed by atoms with Gasteiger partial charge in [0.25, 0.3) is 0 Å². The molecule has 0 unspecified atom stereocenters. The maximum absolute atomic E-state index is 13.8. The van der Waals surface area contributed by atoms with Crippen molar-refractivity contribution in [1.82, 2.24) is 24.6 Å². The molecule has 5 aromatic rings. The van der Waals surface area contributed by atoms with Crippen LogP contribution in [0.5, 0.6) is 0 Å². The molecule has 0 radical (unpaired) electrons. The van der Waals surface area contributed by atoms with E-state index in [0.29, 0.717) is 12.2 Å². The summed E-state index contributed by atoms with van der Waals surface area (Å²) in [7, 11) is 0. The van der Waals surface area contributed by atoms with Gasteiger partial charge in [-0.25, -0.2) is 9.37 Å². The van der Waals surface area contributed by atoms with Crippen LogP contribution in [0, 0.1) is 5.82 Å². The van der Waals surface area contributed by atoms with Crippen molar-refractivity contribution >= 4 is 22.4 Å². The summed E-state index contributed by atoms with van der Waals surface area (Å²) in [6, 6.07) is 10.9. The van der Waals surface area contributed by atoms with Gasteiger partial charge < -0.3 is 10.3 Å². The number of nitrogens with zero attached hydrogens (tertiary/aromatic N) is 4. The van der Waals surface area contributed by atoms with Crippen molar-refractivity contribution in [2.75, 3.05) is 5.32 Å². The van der Waals surface area contributed by atoms with Gasteiger partial charge in [0.15, 0.2) is 5.65 Å². The highest BCUT2D eigenvalue weighted by Gasteiger charge is 2.37. The van der Waals surface area contributed by atoms with Gasteiger partial charge in [-0.2, -0.15) is 22.8 Å². The number of aryl methyl sites for hydroxylation is 1. The topological polar surface area (TPSA) is 70.9 Å². The zero-order valence-corrected chi connectivity index (χ0v) is 18.6. The van der Waals surface area contributed by atoms with E-state index in [2.05, 4.69) is 31.4 Å². The lowest BCUT2D eigenvalue weighted by atomic mass is 9.81. The maximum atomic E-state index is 13.8. The van der Waals surface area contributed by atoms with Crippen LogP contribution in [0.2, 0.25) is 0 Å². The monoisotopic (exact) mass is 480 g/mol. The van der Waals surface area contributed by atoms with Gasteiger partial charge in [-0.1, -0.05) is 18.2 Å². The summed E-state index contributed by atoms with van der Waals surface area (Å²) in [5.41, 5.74) is 2.11. The summed E-state index contributed by atoms with van der Waals surface area (Å²) in [4.78, 5) is 11.5. The molecule has 1 aliphatic carbocycles. The number of anilines is 1. The molecule has 0 spiro atoms. The summed E-state index contributed by atoms with van der Waals surface area (Å²) in [5, 5.41) is 8.58. The number of aromatic nitrogens is 5. The molecule has 6 nitrogen and oxygen atoms in total. The minimum absolute atomic E-state index is 0.171. The third-order valence-corrected chi connectivity index (χ3v) is 6.60. The molecule has 6 rings (SSSR count). The Balaban J connectivity index is 1.46. The highest BCUT2D eigenvalue weighted by atomic mass is 19.4. The number of halogens is 4. The third-order valence-electron chi connectivity index (χ3n) is 6.60. The zero-order valence-electron chi connectivity index (χ0n) is 18.6. The van der Waals surface area contributed by atoms with E-state index in [1.807, 2.05) is 25.1 Å². The van der Waals surface area contributed by atoms with Crippen LogP contribution < -0.4 is 5.32 Å². The van der Waals surface area contributed by atoms with Crippen LogP contribution >= 0.6 is 0 Å². The number of nitrogens with one attached hydrogen (secondary N) is 2. The van der Waals surface area contributed by atoms with E-state index in [4.69, 9.17) is 0 Å². The smallest absolute Gasteiger partial charge is 0.364 e. The fourth-order valence-electron chi connectivity index (χ4n) is 4.92. The molecule has 0 amide bonds. The highest BCUT2D eigenvalue weighted by molar-refractivity contribution is 5.85. The molecule has 1 atom stereocenters. The second-order valence-corrected chi connectivity index (χ2v) is 9.20. The molecular formula is C25H20F4N6. The lowest BCUT2D eigenvalue weighted by molar-refractivity contribution is -0.136. The van der Waals surface area contributed by atoms with Gasteiger partial charge in [-0.15, -0.1) is 0 Å². The zero-order chi connectivity index (χ0) is 24.4. The highest BCUT2D eigenvalue weighted by Crippen LogP contribution is 2.38. The summed E-state index contributed by atoms with van der Waals surface area (Å²) >= 11 is 0. The van der Waals surface area contributed by atoms with Gasteiger partial charge in [0.2, 0.25) is 0 Å². The van der Waals surface area contributed by atoms with Gasteiger partial charge in [-0.05, 0) is 43.9 Å². The molecule has 35 heavy (non-hydrogen) atoms. The molecule has 0 fully saturated rings. The number of benzene rings is 1. The number of rotatable bonds is 3. The predicted molar refractivity (Wildman–Crippen MR) is 124 cm³/mol. The van der Waals surface area contributed by atoms with Crippen molar-refractivity contribution in [3.05, 3.63) is 77.6 Å². The van der Waals surface area contributed by atoms with Crippen LogP contribution in [0.25, 0.3) is 27.8 Å². The van der Waals surface area contributed by atoms with Crippen LogP contribution in [-0.2, 0) is 19.0 Å². The Hall–Kier alpha value is -3.95. The summed E-state index contributed by atoms with van der Waals surface area (Å²) in [6.45, 7) is 2.04. The van der Waals surface area contributed by atoms with Crippen molar-refractivity contribution in [2.24, 2.45) is 0 Å². The molecule has 4 aromatic heterocycles. The fourth-order valence-corrected chi connectivity index (χ4v) is 4.92. The molecule has 0 aliphatic heterocycles. The molecule has 2 N–H and O–H groups in total. The second kappa shape index (κ2) is 7.53. The molecule has 10 heteroatoms. The van der Waals surface area contributed by atoms with Crippen molar-refractivity contribution in [3.8, 4) is 11.3 Å². The van der Waals surface area contributed by atoms with Crippen molar-refractivity contribution in [3.63, 3.8) is 0 Å². The number of pyridine rings is 1. The minimum atomic E-state index is -4.64. The van der Waals surface area contributed by atoms with E-state index in [1.54, 1.807) is 6.07 Å². The summed E-state index contributed by atoms with van der Waals surface area (Å²) < 4.78 is 56.1. The van der Waals surface area contributed by atoms with Crippen LogP contribution in [0.4, 0.5) is 23.4 Å². The normalized spacial score (nSPS) is 18.2. The van der Waals surface area contributed by atoms with Crippen molar-refractivity contribution in [1.29, 1.82) is 0 Å². The van der Waals surface area contributed by atoms with Gasteiger partial charge in [-0.3, -0.25) is 4.98 Å². The number of alkyl halides is 3. The standard InChI is InChI=1S/C25H20F4N6/c1-24(7-6-20-17(10-24)16-4-2-3-5-19(16)32-20)34-22-9-21(14-8-15(26)12-30-11-14)33-23-18(25(27,28)29)13-31-35(22)23/h2-5,8-9,11-13,32,34H,6-7,10H2,1H3/t24-/m0/s1. The van der Waals surface area contributed by atoms with E-state index in [0.717, 1.165) is 40.7 Å². The van der Waals surface area contributed by atoms with Crippen LogP contribution in [0.15, 0.2) is 55.0 Å². The van der Waals surface area contributed by atoms with E-state index in [1.165, 1.54) is 23.5 Å². The number of fused-ring (bicyclic) bond motifs is 4. The number of hydrogen-bond donors (Lipinski definition) is 2. The predicted octanol–water partition coefficient (Wildman–Crippen LogP) is 5.79. The van der Waals surface area contributed by atoms with E-state index in [-0.39, 0.29) is 16.9 Å². The number of para-hydroxylation sites is 1. The van der Waals surface area contributed by atoms with Crippen molar-refractivity contribution < 1.29 is 17.6 Å². The molecule has 1 aliphatic rings. The first-order chi connectivity index (χ1) is 16.7. The molecule has 0 saturated heterocycles. The van der Waals surface area contributed by atoms with E-state index >= 15 is 0 Å². The van der Waals surface area contributed by atoms with Gasteiger partial charge >= 0.3 is 6.18 Å². The molecule has 178 valence electrons. The Morgan fingerprint density at radius 2 is 1.94 bits per heavy atom. The maximum Gasteiger partial charge on any atom is 0.421 e. The molecule has 0 saturated carbocycles. The average molecular weight is 480 g/mol. The lowest BCUT2D eigenvalue weighted by Crippen LogP contribution is -2.41. The number of hydrogen-bond acceptors (Lipinski definition) is 4. The summed E-state index contributed by atoms with van der Waals surface area (Å²) in [5.74, 6) is -0.259. The Morgan fingerprint density at radius 3 is 2.74 bits per heavy atom. The van der Waals surface area contributed by atoms with Gasteiger partial charge in [0.05, 0.1) is 18.1 Å². The number of aromatic amines is 1. The fraction of sp³-hybridized carbons (Fsp3) is 0.240. The second-order valence-electron chi connectivity index (χ2n) is 9.20. The Labute approximate surface area is 197 Å². The average Bonchev–Trinajstić information content (AvgIpc) is 3.40. The molecular weight excluding hydrogens is 460 g/mol. The van der Waals surface area contributed by atoms with Crippen LogP contribution in [-0.4, -0.2) is 30.1 Å². The first kappa shape index (κ1) is 21.6. The van der Waals surface area contributed by atoms with Gasteiger partial charge in [0.1, 0.15) is 17.2 Å². The SMILES string of the molecule is C[C@]1(Nc2cc(-c3cncc(F)c3)nc3c(C(F)(F)F)cnn23)CCc2[nH]c3ccccc3c2C1. The first-order valence-electron chi connectivity index (χ1n) is 11.1.